The summed E-state index contributed by atoms with van der Waals surface area (Å²) >= 11 is 1.34. The van der Waals surface area contributed by atoms with Gasteiger partial charge in [-0.2, -0.15) is 0 Å². The molecule has 0 aliphatic carbocycles. The van der Waals surface area contributed by atoms with Gasteiger partial charge in [-0.25, -0.2) is 4.79 Å². The SMILES string of the molecule is Cc1ccccc1C(=O)N1C(c2cccs2)C(C(=O)O)CC1(CC(C)C)C(=O)O. The summed E-state index contributed by atoms with van der Waals surface area (Å²) in [6.07, 6.45) is 0.0711. The first-order valence-electron chi connectivity index (χ1n) is 9.58. The van der Waals surface area contributed by atoms with Gasteiger partial charge < -0.3 is 15.1 Å². The zero-order chi connectivity index (χ0) is 21.3. The van der Waals surface area contributed by atoms with Crippen molar-refractivity contribution in [3.05, 3.63) is 57.8 Å². The molecular formula is C22H25NO5S. The highest BCUT2D eigenvalue weighted by molar-refractivity contribution is 7.10. The molecule has 1 aliphatic heterocycles. The molecule has 2 N–H and O–H groups in total. The number of benzene rings is 1. The van der Waals surface area contributed by atoms with E-state index in [-0.39, 0.29) is 18.8 Å². The van der Waals surface area contributed by atoms with Gasteiger partial charge in [0.05, 0.1) is 12.0 Å². The van der Waals surface area contributed by atoms with Gasteiger partial charge in [0.1, 0.15) is 5.54 Å². The molecule has 1 saturated heterocycles. The lowest BCUT2D eigenvalue weighted by Gasteiger charge is -2.39. The van der Waals surface area contributed by atoms with Gasteiger partial charge in [0.15, 0.2) is 0 Å². The van der Waals surface area contributed by atoms with E-state index in [2.05, 4.69) is 0 Å². The standard InChI is InChI=1S/C22H25NO5S/c1-13(2)11-22(21(27)28)12-16(20(25)26)18(17-9-6-10-29-17)23(22)19(24)15-8-5-4-7-14(15)3/h4-10,13,16,18H,11-12H2,1-3H3,(H,25,26)(H,27,28). The largest absolute Gasteiger partial charge is 0.481 e. The zero-order valence-electron chi connectivity index (χ0n) is 16.7. The lowest BCUT2D eigenvalue weighted by Crippen LogP contribution is -2.54. The summed E-state index contributed by atoms with van der Waals surface area (Å²) in [5.41, 5.74) is -0.454. The lowest BCUT2D eigenvalue weighted by molar-refractivity contribution is -0.150. The van der Waals surface area contributed by atoms with Crippen molar-refractivity contribution in [2.75, 3.05) is 0 Å². The van der Waals surface area contributed by atoms with Crippen LogP contribution in [0.25, 0.3) is 0 Å². The van der Waals surface area contributed by atoms with Crippen molar-refractivity contribution in [2.24, 2.45) is 11.8 Å². The Morgan fingerprint density at radius 2 is 1.86 bits per heavy atom. The van der Waals surface area contributed by atoms with Gasteiger partial charge in [0.2, 0.25) is 0 Å². The first-order chi connectivity index (χ1) is 13.7. The van der Waals surface area contributed by atoms with Gasteiger partial charge in [-0.3, -0.25) is 9.59 Å². The van der Waals surface area contributed by atoms with E-state index < -0.39 is 35.3 Å². The molecule has 3 rings (SSSR count). The number of carbonyl (C=O) groups excluding carboxylic acids is 1. The third kappa shape index (κ3) is 3.67. The summed E-state index contributed by atoms with van der Waals surface area (Å²) in [6.45, 7) is 5.56. The van der Waals surface area contributed by atoms with E-state index in [0.29, 0.717) is 10.4 Å². The Morgan fingerprint density at radius 3 is 2.38 bits per heavy atom. The molecule has 0 bridgehead atoms. The van der Waals surface area contributed by atoms with Gasteiger partial charge in [0.25, 0.3) is 5.91 Å². The second-order valence-electron chi connectivity index (χ2n) is 8.03. The van der Waals surface area contributed by atoms with Crippen molar-refractivity contribution in [1.82, 2.24) is 4.90 Å². The Hall–Kier alpha value is -2.67. The minimum Gasteiger partial charge on any atom is -0.481 e. The van der Waals surface area contributed by atoms with Crippen molar-refractivity contribution in [3.8, 4) is 0 Å². The molecule has 6 nitrogen and oxygen atoms in total. The van der Waals surface area contributed by atoms with Gasteiger partial charge in [-0.1, -0.05) is 38.1 Å². The zero-order valence-corrected chi connectivity index (χ0v) is 17.5. The molecular weight excluding hydrogens is 390 g/mol. The molecule has 0 saturated carbocycles. The minimum atomic E-state index is -1.58. The minimum absolute atomic E-state index is 0.0326. The molecule has 1 amide bonds. The van der Waals surface area contributed by atoms with Crippen LogP contribution in [-0.2, 0) is 9.59 Å². The maximum atomic E-state index is 13.7. The first kappa shape index (κ1) is 21.0. The molecule has 1 aromatic heterocycles. The Labute approximate surface area is 173 Å². The normalized spacial score (nSPS) is 24.1. The van der Waals surface area contributed by atoms with Crippen molar-refractivity contribution >= 4 is 29.2 Å². The number of carboxylic acids is 2. The summed E-state index contributed by atoms with van der Waals surface area (Å²) in [6, 6.07) is 9.74. The third-order valence-corrected chi connectivity index (χ3v) is 6.51. The van der Waals surface area contributed by atoms with Crippen LogP contribution >= 0.6 is 11.3 Å². The molecule has 2 aromatic rings. The highest BCUT2D eigenvalue weighted by atomic mass is 32.1. The fraction of sp³-hybridized carbons (Fsp3) is 0.409. The lowest BCUT2D eigenvalue weighted by atomic mass is 9.83. The Morgan fingerprint density at radius 1 is 1.17 bits per heavy atom. The number of thiophene rings is 1. The van der Waals surface area contributed by atoms with Crippen molar-refractivity contribution in [3.63, 3.8) is 0 Å². The van der Waals surface area contributed by atoms with Crippen LogP contribution in [-0.4, -0.2) is 38.5 Å². The van der Waals surface area contributed by atoms with E-state index >= 15 is 0 Å². The van der Waals surface area contributed by atoms with Gasteiger partial charge in [-0.05, 0) is 48.8 Å². The molecule has 1 fully saturated rings. The number of carbonyl (C=O) groups is 3. The number of aryl methyl sites for hydroxylation is 1. The van der Waals surface area contributed by atoms with Crippen LogP contribution in [0.5, 0.6) is 0 Å². The van der Waals surface area contributed by atoms with Crippen LogP contribution in [0.15, 0.2) is 41.8 Å². The van der Waals surface area contributed by atoms with Crippen LogP contribution in [0.3, 0.4) is 0 Å². The van der Waals surface area contributed by atoms with Crippen LogP contribution in [0.1, 0.15) is 53.5 Å². The molecule has 154 valence electrons. The van der Waals surface area contributed by atoms with Crippen molar-refractivity contribution < 1.29 is 24.6 Å². The third-order valence-electron chi connectivity index (χ3n) is 5.57. The number of amides is 1. The Balaban J connectivity index is 2.24. The predicted molar refractivity (Wildman–Crippen MR) is 110 cm³/mol. The quantitative estimate of drug-likeness (QED) is 0.737. The monoisotopic (exact) mass is 415 g/mol. The maximum absolute atomic E-state index is 13.7. The van der Waals surface area contributed by atoms with Crippen LogP contribution in [0, 0.1) is 18.8 Å². The van der Waals surface area contributed by atoms with Gasteiger partial charge in [0, 0.05) is 10.4 Å². The number of aliphatic carboxylic acids is 2. The Bertz CT molecular complexity index is 923. The fourth-order valence-corrected chi connectivity index (χ4v) is 5.31. The van der Waals surface area contributed by atoms with Crippen LogP contribution < -0.4 is 0 Å². The molecule has 3 unspecified atom stereocenters. The molecule has 0 spiro atoms. The molecule has 7 heteroatoms. The second-order valence-corrected chi connectivity index (χ2v) is 9.01. The molecule has 1 aromatic carbocycles. The summed E-state index contributed by atoms with van der Waals surface area (Å²) in [4.78, 5) is 40.5. The summed E-state index contributed by atoms with van der Waals surface area (Å²) in [5.74, 6) is -3.70. The number of carboxylic acid groups (broad SMARTS) is 2. The van der Waals surface area contributed by atoms with Gasteiger partial charge in [-0.15, -0.1) is 11.3 Å². The topological polar surface area (TPSA) is 94.9 Å². The summed E-state index contributed by atoms with van der Waals surface area (Å²) in [7, 11) is 0. The number of hydrogen-bond acceptors (Lipinski definition) is 4. The van der Waals surface area contributed by atoms with Gasteiger partial charge >= 0.3 is 11.9 Å². The van der Waals surface area contributed by atoms with Crippen molar-refractivity contribution in [1.29, 1.82) is 0 Å². The average molecular weight is 416 g/mol. The van der Waals surface area contributed by atoms with E-state index in [1.54, 1.807) is 37.3 Å². The number of likely N-dealkylation sites (tertiary alicyclic amines) is 1. The first-order valence-corrected chi connectivity index (χ1v) is 10.5. The molecule has 1 aliphatic rings. The molecule has 29 heavy (non-hydrogen) atoms. The van der Waals surface area contributed by atoms with Crippen LogP contribution in [0.4, 0.5) is 0 Å². The number of rotatable bonds is 6. The summed E-state index contributed by atoms with van der Waals surface area (Å²) < 4.78 is 0. The number of hydrogen-bond donors (Lipinski definition) is 2. The van der Waals surface area contributed by atoms with E-state index in [1.807, 2.05) is 25.3 Å². The average Bonchev–Trinajstić information content (AvgIpc) is 3.27. The van der Waals surface area contributed by atoms with E-state index in [9.17, 15) is 24.6 Å². The second kappa shape index (κ2) is 7.99. The van der Waals surface area contributed by atoms with Crippen LogP contribution in [0.2, 0.25) is 0 Å². The number of nitrogens with zero attached hydrogens (tertiary/aromatic N) is 1. The molecule has 3 atom stereocenters. The summed E-state index contributed by atoms with van der Waals surface area (Å²) in [5, 5.41) is 22.0. The smallest absolute Gasteiger partial charge is 0.329 e. The Kier molecular flexibility index (Phi) is 5.80. The maximum Gasteiger partial charge on any atom is 0.329 e. The predicted octanol–water partition coefficient (Wildman–Crippen LogP) is 4.21. The molecule has 0 radical (unpaired) electrons. The molecule has 2 heterocycles. The van der Waals surface area contributed by atoms with E-state index in [4.69, 9.17) is 0 Å². The highest BCUT2D eigenvalue weighted by Gasteiger charge is 2.61. The fourth-order valence-electron chi connectivity index (χ4n) is 4.43. The highest BCUT2D eigenvalue weighted by Crippen LogP contribution is 2.51. The van der Waals surface area contributed by atoms with E-state index in [0.717, 1.165) is 5.56 Å². The van der Waals surface area contributed by atoms with Crippen molar-refractivity contribution in [2.45, 2.75) is 45.2 Å². The van der Waals surface area contributed by atoms with E-state index in [1.165, 1.54) is 16.2 Å².